The summed E-state index contributed by atoms with van der Waals surface area (Å²) in [6, 6.07) is 7.58. The normalized spacial score (nSPS) is 10.6. The first-order valence-electron chi connectivity index (χ1n) is 5.73. The minimum atomic E-state index is 0.0884. The van der Waals surface area contributed by atoms with Gasteiger partial charge in [0.15, 0.2) is 5.78 Å². The summed E-state index contributed by atoms with van der Waals surface area (Å²) in [6.07, 6.45) is 0. The summed E-state index contributed by atoms with van der Waals surface area (Å²) in [5.74, 6) is 2.40. The zero-order valence-electron chi connectivity index (χ0n) is 10.7. The Morgan fingerprint density at radius 3 is 2.44 bits per heavy atom. The second kappa shape index (κ2) is 5.40. The first-order chi connectivity index (χ1) is 8.56. The molecular weight excluding hydrogens is 246 g/mol. The third kappa shape index (κ3) is 3.01. The van der Waals surface area contributed by atoms with Crippen LogP contribution in [0.2, 0.25) is 0 Å². The summed E-state index contributed by atoms with van der Waals surface area (Å²) in [5.41, 5.74) is 1.68. The van der Waals surface area contributed by atoms with Crippen LogP contribution in [-0.4, -0.2) is 10.8 Å². The molecule has 3 nitrogen and oxygen atoms in total. The SMILES string of the molecule is CC(=O)c1ccc(SCc2nc(C)c(C)o2)cc1. The molecule has 0 radical (unpaired) electrons. The Bertz CT molecular complexity index is 538. The number of hydrogen-bond acceptors (Lipinski definition) is 4. The van der Waals surface area contributed by atoms with Crippen molar-refractivity contribution in [2.75, 3.05) is 0 Å². The predicted molar refractivity (Wildman–Crippen MR) is 72.0 cm³/mol. The molecule has 0 saturated carbocycles. The number of Topliss-reactive ketones (excluding diaryl/α,β-unsaturated/α-hetero) is 1. The van der Waals surface area contributed by atoms with E-state index in [0.717, 1.165) is 27.8 Å². The van der Waals surface area contributed by atoms with Crippen LogP contribution in [0.15, 0.2) is 33.6 Å². The number of carbonyl (C=O) groups is 1. The molecule has 18 heavy (non-hydrogen) atoms. The van der Waals surface area contributed by atoms with E-state index in [2.05, 4.69) is 4.98 Å². The molecule has 1 aromatic heterocycles. The van der Waals surface area contributed by atoms with Crippen LogP contribution < -0.4 is 0 Å². The van der Waals surface area contributed by atoms with E-state index in [-0.39, 0.29) is 5.78 Å². The zero-order chi connectivity index (χ0) is 13.1. The van der Waals surface area contributed by atoms with E-state index in [1.165, 1.54) is 0 Å². The summed E-state index contributed by atoms with van der Waals surface area (Å²) in [6.45, 7) is 5.42. The van der Waals surface area contributed by atoms with Crippen molar-refractivity contribution in [1.29, 1.82) is 0 Å². The molecule has 0 aliphatic carbocycles. The molecule has 2 aromatic rings. The lowest BCUT2D eigenvalue weighted by atomic mass is 10.2. The van der Waals surface area contributed by atoms with Crippen LogP contribution in [-0.2, 0) is 5.75 Å². The highest BCUT2D eigenvalue weighted by Gasteiger charge is 2.06. The smallest absolute Gasteiger partial charge is 0.204 e. The molecule has 0 aliphatic heterocycles. The fourth-order valence-corrected chi connectivity index (χ4v) is 2.27. The van der Waals surface area contributed by atoms with Crippen molar-refractivity contribution in [3.8, 4) is 0 Å². The third-order valence-electron chi connectivity index (χ3n) is 2.70. The first kappa shape index (κ1) is 12.9. The molecule has 4 heteroatoms. The zero-order valence-corrected chi connectivity index (χ0v) is 11.5. The van der Waals surface area contributed by atoms with Crippen molar-refractivity contribution in [3.05, 3.63) is 47.2 Å². The van der Waals surface area contributed by atoms with Gasteiger partial charge in [0.05, 0.1) is 11.4 Å². The Hall–Kier alpha value is -1.55. The lowest BCUT2D eigenvalue weighted by Gasteiger charge is -2.00. The summed E-state index contributed by atoms with van der Waals surface area (Å²) in [5, 5.41) is 0. The Labute approximate surface area is 111 Å². The largest absolute Gasteiger partial charge is 0.445 e. The Balaban J connectivity index is 2.00. The molecule has 0 unspecified atom stereocenters. The molecule has 0 saturated heterocycles. The molecule has 0 aliphatic rings. The molecule has 0 spiro atoms. The Kier molecular flexibility index (Phi) is 3.87. The number of aromatic nitrogens is 1. The Morgan fingerprint density at radius 1 is 1.28 bits per heavy atom. The average Bonchev–Trinajstić information content (AvgIpc) is 2.67. The monoisotopic (exact) mass is 261 g/mol. The van der Waals surface area contributed by atoms with E-state index in [9.17, 15) is 4.79 Å². The number of oxazole rings is 1. The number of carbonyl (C=O) groups excluding carboxylic acids is 1. The maximum atomic E-state index is 11.1. The third-order valence-corrected chi connectivity index (χ3v) is 3.69. The van der Waals surface area contributed by atoms with Crippen molar-refractivity contribution >= 4 is 17.5 Å². The molecule has 0 bridgehead atoms. The van der Waals surface area contributed by atoms with Crippen LogP contribution >= 0.6 is 11.8 Å². The second-order valence-corrected chi connectivity index (χ2v) is 5.17. The number of nitrogens with zero attached hydrogens (tertiary/aromatic N) is 1. The van der Waals surface area contributed by atoms with Gasteiger partial charge >= 0.3 is 0 Å². The van der Waals surface area contributed by atoms with Gasteiger partial charge in [-0.15, -0.1) is 11.8 Å². The van der Waals surface area contributed by atoms with Crippen molar-refractivity contribution < 1.29 is 9.21 Å². The highest BCUT2D eigenvalue weighted by molar-refractivity contribution is 7.98. The summed E-state index contributed by atoms with van der Waals surface area (Å²) >= 11 is 1.65. The maximum Gasteiger partial charge on any atom is 0.204 e. The van der Waals surface area contributed by atoms with Gasteiger partial charge in [0.2, 0.25) is 5.89 Å². The molecule has 94 valence electrons. The minimum Gasteiger partial charge on any atom is -0.445 e. The van der Waals surface area contributed by atoms with Crippen molar-refractivity contribution in [2.24, 2.45) is 0 Å². The Morgan fingerprint density at radius 2 is 1.94 bits per heavy atom. The van der Waals surface area contributed by atoms with Crippen molar-refractivity contribution in [1.82, 2.24) is 4.98 Å². The molecule has 0 amide bonds. The quantitative estimate of drug-likeness (QED) is 0.620. The maximum absolute atomic E-state index is 11.1. The van der Waals surface area contributed by atoms with E-state index in [0.29, 0.717) is 5.75 Å². The summed E-state index contributed by atoms with van der Waals surface area (Å²) < 4.78 is 5.51. The fraction of sp³-hybridized carbons (Fsp3) is 0.286. The molecule has 1 heterocycles. The van der Waals surface area contributed by atoms with E-state index >= 15 is 0 Å². The van der Waals surface area contributed by atoms with Crippen LogP contribution in [0.4, 0.5) is 0 Å². The fourth-order valence-electron chi connectivity index (χ4n) is 1.53. The van der Waals surface area contributed by atoms with Gasteiger partial charge in [-0.1, -0.05) is 12.1 Å². The topological polar surface area (TPSA) is 43.1 Å². The van der Waals surface area contributed by atoms with Gasteiger partial charge in [0, 0.05) is 10.5 Å². The predicted octanol–water partition coefficient (Wildman–Crippen LogP) is 3.79. The van der Waals surface area contributed by atoms with E-state index in [1.54, 1.807) is 18.7 Å². The minimum absolute atomic E-state index is 0.0884. The number of hydrogen-bond donors (Lipinski definition) is 0. The van der Waals surface area contributed by atoms with Crippen LogP contribution in [0, 0.1) is 13.8 Å². The number of rotatable bonds is 4. The highest BCUT2D eigenvalue weighted by Crippen LogP contribution is 2.23. The van der Waals surface area contributed by atoms with Crippen molar-refractivity contribution in [3.63, 3.8) is 0 Å². The lowest BCUT2D eigenvalue weighted by molar-refractivity contribution is 0.101. The van der Waals surface area contributed by atoms with Gasteiger partial charge in [-0.2, -0.15) is 0 Å². The molecule has 0 atom stereocenters. The van der Waals surface area contributed by atoms with Gasteiger partial charge in [-0.25, -0.2) is 4.98 Å². The number of thioether (sulfide) groups is 1. The number of benzene rings is 1. The lowest BCUT2D eigenvalue weighted by Crippen LogP contribution is -1.90. The van der Waals surface area contributed by atoms with Gasteiger partial charge in [-0.05, 0) is 32.9 Å². The average molecular weight is 261 g/mol. The molecule has 0 fully saturated rings. The van der Waals surface area contributed by atoms with Crippen molar-refractivity contribution in [2.45, 2.75) is 31.4 Å². The van der Waals surface area contributed by atoms with E-state index in [1.807, 2.05) is 38.1 Å². The standard InChI is InChI=1S/C14H15NO2S/c1-9-11(3)17-14(15-9)8-18-13-6-4-12(5-7-13)10(2)16/h4-7H,8H2,1-3H3. The first-order valence-corrected chi connectivity index (χ1v) is 6.71. The molecule has 0 N–H and O–H groups in total. The number of aryl methyl sites for hydroxylation is 2. The van der Waals surface area contributed by atoms with Gasteiger partial charge < -0.3 is 4.42 Å². The van der Waals surface area contributed by atoms with Gasteiger partial charge in [0.25, 0.3) is 0 Å². The molecular formula is C14H15NO2S. The highest BCUT2D eigenvalue weighted by atomic mass is 32.2. The van der Waals surface area contributed by atoms with Crippen LogP contribution in [0.25, 0.3) is 0 Å². The van der Waals surface area contributed by atoms with E-state index in [4.69, 9.17) is 4.42 Å². The van der Waals surface area contributed by atoms with E-state index < -0.39 is 0 Å². The summed E-state index contributed by atoms with van der Waals surface area (Å²) in [4.78, 5) is 16.6. The van der Waals surface area contributed by atoms with Crippen LogP contribution in [0.3, 0.4) is 0 Å². The van der Waals surface area contributed by atoms with Gasteiger partial charge in [0.1, 0.15) is 5.76 Å². The summed E-state index contributed by atoms with van der Waals surface area (Å²) in [7, 11) is 0. The molecule has 2 rings (SSSR count). The number of ketones is 1. The molecule has 1 aromatic carbocycles. The van der Waals surface area contributed by atoms with Crippen LogP contribution in [0.1, 0.15) is 34.6 Å². The van der Waals surface area contributed by atoms with Crippen LogP contribution in [0.5, 0.6) is 0 Å². The second-order valence-electron chi connectivity index (χ2n) is 4.12. The van der Waals surface area contributed by atoms with Gasteiger partial charge in [-0.3, -0.25) is 4.79 Å².